The fourth-order valence-corrected chi connectivity index (χ4v) is 5.70. The number of imidazole rings is 1. The first-order chi connectivity index (χ1) is 16.1. The van der Waals surface area contributed by atoms with Crippen molar-refractivity contribution in [3.8, 4) is 0 Å². The number of fused-ring (bicyclic) bond motifs is 2. The van der Waals surface area contributed by atoms with E-state index in [0.29, 0.717) is 29.2 Å². The zero-order chi connectivity index (χ0) is 22.8. The number of pyridine rings is 1. The summed E-state index contributed by atoms with van der Waals surface area (Å²) in [6, 6.07) is 11.4. The molecule has 0 radical (unpaired) electrons. The van der Waals surface area contributed by atoms with Gasteiger partial charge in [-0.15, -0.1) is 11.3 Å². The number of anilines is 1. The highest BCUT2D eigenvalue weighted by molar-refractivity contribution is 7.17. The summed E-state index contributed by atoms with van der Waals surface area (Å²) in [5, 5.41) is 6.66. The Bertz CT molecular complexity index is 1330. The largest absolute Gasteiger partial charge is 0.350 e. The molecule has 0 saturated carbocycles. The van der Waals surface area contributed by atoms with E-state index in [-0.39, 0.29) is 11.8 Å². The van der Waals surface area contributed by atoms with Gasteiger partial charge in [0.1, 0.15) is 10.8 Å². The van der Waals surface area contributed by atoms with Crippen molar-refractivity contribution in [1.29, 1.82) is 0 Å². The summed E-state index contributed by atoms with van der Waals surface area (Å²) in [6.45, 7) is 3.07. The lowest BCUT2D eigenvalue weighted by Crippen LogP contribution is -2.29. The van der Waals surface area contributed by atoms with Crippen LogP contribution in [-0.2, 0) is 19.4 Å². The van der Waals surface area contributed by atoms with Crippen LogP contribution in [0, 0.1) is 6.92 Å². The number of aryl methyl sites for hydroxylation is 2. The number of hydrogen-bond donors (Lipinski definition) is 2. The van der Waals surface area contributed by atoms with Crippen LogP contribution < -0.4 is 10.6 Å². The molecule has 0 spiro atoms. The number of rotatable bonds is 6. The molecule has 168 valence electrons. The number of benzene rings is 1. The van der Waals surface area contributed by atoms with Gasteiger partial charge in [-0.1, -0.05) is 12.1 Å². The van der Waals surface area contributed by atoms with Crippen molar-refractivity contribution < 1.29 is 9.59 Å². The lowest BCUT2D eigenvalue weighted by Gasteiger charge is -2.14. The molecule has 0 saturated heterocycles. The minimum atomic E-state index is -0.253. The van der Waals surface area contributed by atoms with E-state index in [1.807, 2.05) is 31.2 Å². The SMILES string of the molecule is Cc1nc2ccccc2n1CCNC(=O)c1c(NC(=O)c2cccnc2)sc2c1CCCC2. The zero-order valence-electron chi connectivity index (χ0n) is 18.4. The highest BCUT2D eigenvalue weighted by Gasteiger charge is 2.26. The van der Waals surface area contributed by atoms with Crippen LogP contribution in [0.5, 0.6) is 0 Å². The Labute approximate surface area is 195 Å². The number of nitrogens with zero attached hydrogens (tertiary/aromatic N) is 3. The molecule has 8 heteroatoms. The van der Waals surface area contributed by atoms with E-state index in [4.69, 9.17) is 0 Å². The monoisotopic (exact) mass is 459 g/mol. The maximum absolute atomic E-state index is 13.3. The first kappa shape index (κ1) is 21.3. The summed E-state index contributed by atoms with van der Waals surface area (Å²) < 4.78 is 2.11. The summed E-state index contributed by atoms with van der Waals surface area (Å²) in [5.41, 5.74) is 4.17. The predicted octanol–water partition coefficient (Wildman–Crippen LogP) is 4.36. The molecule has 7 nitrogen and oxygen atoms in total. The average molecular weight is 460 g/mol. The van der Waals surface area contributed by atoms with Crippen molar-refractivity contribution in [1.82, 2.24) is 19.9 Å². The molecule has 1 aliphatic rings. The molecule has 1 aromatic carbocycles. The Kier molecular flexibility index (Phi) is 5.92. The van der Waals surface area contributed by atoms with Crippen molar-refractivity contribution in [3.05, 3.63) is 76.2 Å². The van der Waals surface area contributed by atoms with Crippen molar-refractivity contribution >= 4 is 39.2 Å². The fraction of sp³-hybridized carbons (Fsp3) is 0.280. The average Bonchev–Trinajstić information content (AvgIpc) is 3.36. The highest BCUT2D eigenvalue weighted by Crippen LogP contribution is 2.38. The third-order valence-electron chi connectivity index (χ3n) is 6.02. The van der Waals surface area contributed by atoms with Gasteiger partial charge < -0.3 is 15.2 Å². The van der Waals surface area contributed by atoms with E-state index >= 15 is 0 Å². The Balaban J connectivity index is 1.35. The third kappa shape index (κ3) is 4.26. The number of carbonyl (C=O) groups excluding carboxylic acids is 2. The third-order valence-corrected chi connectivity index (χ3v) is 7.22. The number of thiophene rings is 1. The van der Waals surface area contributed by atoms with Crippen LogP contribution in [0.1, 0.15) is 49.8 Å². The lowest BCUT2D eigenvalue weighted by atomic mass is 9.95. The van der Waals surface area contributed by atoms with E-state index in [1.54, 1.807) is 18.3 Å². The Morgan fingerprint density at radius 3 is 2.79 bits per heavy atom. The highest BCUT2D eigenvalue weighted by atomic mass is 32.1. The lowest BCUT2D eigenvalue weighted by molar-refractivity contribution is 0.0952. The second-order valence-electron chi connectivity index (χ2n) is 8.17. The molecule has 5 rings (SSSR count). The topological polar surface area (TPSA) is 88.9 Å². The predicted molar refractivity (Wildman–Crippen MR) is 130 cm³/mol. The molecule has 33 heavy (non-hydrogen) atoms. The summed E-state index contributed by atoms with van der Waals surface area (Å²) >= 11 is 1.52. The molecule has 0 fully saturated rings. The molecule has 0 unspecified atom stereocenters. The minimum Gasteiger partial charge on any atom is -0.350 e. The molecule has 2 amide bonds. The van der Waals surface area contributed by atoms with Gasteiger partial charge in [0.05, 0.1) is 22.2 Å². The van der Waals surface area contributed by atoms with Gasteiger partial charge >= 0.3 is 0 Å². The molecule has 3 heterocycles. The molecule has 1 aliphatic carbocycles. The Morgan fingerprint density at radius 2 is 1.94 bits per heavy atom. The maximum atomic E-state index is 13.3. The first-order valence-corrected chi connectivity index (χ1v) is 12.0. The zero-order valence-corrected chi connectivity index (χ0v) is 19.2. The van der Waals surface area contributed by atoms with E-state index in [9.17, 15) is 9.59 Å². The molecule has 0 bridgehead atoms. The van der Waals surface area contributed by atoms with Crippen molar-refractivity contribution in [2.75, 3.05) is 11.9 Å². The van der Waals surface area contributed by atoms with E-state index in [1.165, 1.54) is 22.4 Å². The smallest absolute Gasteiger partial charge is 0.257 e. The normalized spacial score (nSPS) is 13.0. The van der Waals surface area contributed by atoms with Crippen LogP contribution in [0.4, 0.5) is 5.00 Å². The molecule has 0 atom stereocenters. The van der Waals surface area contributed by atoms with Crippen LogP contribution in [0.2, 0.25) is 0 Å². The van der Waals surface area contributed by atoms with Gasteiger partial charge in [0.15, 0.2) is 0 Å². The van der Waals surface area contributed by atoms with E-state index in [0.717, 1.165) is 48.1 Å². The summed E-state index contributed by atoms with van der Waals surface area (Å²) in [5.74, 6) is 0.525. The van der Waals surface area contributed by atoms with Gasteiger partial charge in [-0.25, -0.2) is 4.98 Å². The Hall–Kier alpha value is -3.52. The van der Waals surface area contributed by atoms with E-state index in [2.05, 4.69) is 25.2 Å². The van der Waals surface area contributed by atoms with E-state index < -0.39 is 0 Å². The van der Waals surface area contributed by atoms with Gasteiger partial charge in [0.25, 0.3) is 11.8 Å². The molecule has 3 aromatic heterocycles. The standard InChI is InChI=1S/C25H25N5O2S/c1-16-28-19-9-3-4-10-20(19)30(16)14-13-27-24(32)22-18-8-2-5-11-21(18)33-25(22)29-23(31)17-7-6-12-26-15-17/h3-4,6-7,9-10,12,15H,2,5,8,11,13-14H2,1H3,(H,27,32)(H,29,31). The number of para-hydroxylation sites is 2. The van der Waals surface area contributed by atoms with Gasteiger partial charge in [-0.05, 0) is 62.4 Å². The second-order valence-corrected chi connectivity index (χ2v) is 9.27. The van der Waals surface area contributed by atoms with Crippen molar-refractivity contribution in [3.63, 3.8) is 0 Å². The molecule has 0 aliphatic heterocycles. The molecular weight excluding hydrogens is 434 g/mol. The summed E-state index contributed by atoms with van der Waals surface area (Å²) in [4.78, 5) is 35.9. The number of carbonyl (C=O) groups is 2. The van der Waals surface area contributed by atoms with Crippen LogP contribution >= 0.6 is 11.3 Å². The van der Waals surface area contributed by atoms with Crippen molar-refractivity contribution in [2.45, 2.75) is 39.2 Å². The number of hydrogen-bond acceptors (Lipinski definition) is 5. The quantitative estimate of drug-likeness (QED) is 0.448. The van der Waals surface area contributed by atoms with Gasteiger partial charge in [-0.2, -0.15) is 0 Å². The summed E-state index contributed by atoms with van der Waals surface area (Å²) in [6.07, 6.45) is 7.13. The van der Waals surface area contributed by atoms with Crippen LogP contribution in [0.15, 0.2) is 48.8 Å². The van der Waals surface area contributed by atoms with Gasteiger partial charge in [0.2, 0.25) is 0 Å². The molecule has 2 N–H and O–H groups in total. The fourth-order valence-electron chi connectivity index (χ4n) is 4.41. The minimum absolute atomic E-state index is 0.141. The first-order valence-electron chi connectivity index (χ1n) is 11.2. The van der Waals surface area contributed by atoms with Crippen molar-refractivity contribution in [2.24, 2.45) is 0 Å². The van der Waals surface area contributed by atoms with Crippen LogP contribution in [0.3, 0.4) is 0 Å². The van der Waals surface area contributed by atoms with Crippen LogP contribution in [-0.4, -0.2) is 32.9 Å². The number of amides is 2. The summed E-state index contributed by atoms with van der Waals surface area (Å²) in [7, 11) is 0. The van der Waals surface area contributed by atoms with Gasteiger partial charge in [-0.3, -0.25) is 14.6 Å². The number of nitrogens with one attached hydrogen (secondary N) is 2. The maximum Gasteiger partial charge on any atom is 0.257 e. The molecule has 4 aromatic rings. The molecular formula is C25H25N5O2S. The van der Waals surface area contributed by atoms with Crippen LogP contribution in [0.25, 0.3) is 11.0 Å². The van der Waals surface area contributed by atoms with Gasteiger partial charge in [0, 0.05) is 30.4 Å². The second kappa shape index (κ2) is 9.15. The Morgan fingerprint density at radius 1 is 1.09 bits per heavy atom. The number of aromatic nitrogens is 3.